The van der Waals surface area contributed by atoms with Crippen LogP contribution >= 0.6 is 0 Å². The second kappa shape index (κ2) is 11.4. The van der Waals surface area contributed by atoms with Crippen LogP contribution in [-0.2, 0) is 25.7 Å². The molecule has 0 aromatic heterocycles. The first kappa shape index (κ1) is 22.7. The van der Waals surface area contributed by atoms with Gasteiger partial charge in [-0.25, -0.2) is 0 Å². The quantitative estimate of drug-likeness (QED) is 0.708. The molecule has 8 heteroatoms. The molecule has 1 fully saturated rings. The van der Waals surface area contributed by atoms with E-state index in [0.717, 1.165) is 17.7 Å². The second-order valence-corrected chi connectivity index (χ2v) is 7.37. The van der Waals surface area contributed by atoms with Crippen LogP contribution in [0.5, 0.6) is 5.75 Å². The predicted molar refractivity (Wildman–Crippen MR) is 108 cm³/mol. The summed E-state index contributed by atoms with van der Waals surface area (Å²) in [5, 5.41) is 5.83. The molecular formula is C21H31N3O5. The molecule has 8 nitrogen and oxygen atoms in total. The fourth-order valence-corrected chi connectivity index (χ4v) is 3.42. The molecule has 1 saturated heterocycles. The van der Waals surface area contributed by atoms with E-state index in [0.29, 0.717) is 25.9 Å². The van der Waals surface area contributed by atoms with Gasteiger partial charge in [-0.1, -0.05) is 18.6 Å². The van der Waals surface area contributed by atoms with Crippen molar-refractivity contribution in [3.63, 3.8) is 0 Å². The lowest BCUT2D eigenvalue weighted by atomic mass is 9.96. The zero-order valence-corrected chi connectivity index (χ0v) is 17.4. The Kier molecular flexibility index (Phi) is 8.92. The summed E-state index contributed by atoms with van der Waals surface area (Å²) < 4.78 is 9.98. The lowest BCUT2D eigenvalue weighted by Gasteiger charge is -2.24. The lowest BCUT2D eigenvalue weighted by molar-refractivity contribution is -0.135. The molecule has 2 rings (SSSR count). The van der Waals surface area contributed by atoms with Gasteiger partial charge in [-0.05, 0) is 30.5 Å². The minimum Gasteiger partial charge on any atom is -0.497 e. The first-order valence-corrected chi connectivity index (χ1v) is 9.85. The maximum Gasteiger partial charge on any atom is 0.246 e. The van der Waals surface area contributed by atoms with Crippen molar-refractivity contribution in [1.82, 2.24) is 15.5 Å². The van der Waals surface area contributed by atoms with Crippen LogP contribution in [0.25, 0.3) is 0 Å². The zero-order chi connectivity index (χ0) is 21.2. The number of benzene rings is 1. The number of carbonyl (C=O) groups is 3. The van der Waals surface area contributed by atoms with E-state index in [1.807, 2.05) is 24.3 Å². The first-order valence-electron chi connectivity index (χ1n) is 9.85. The highest BCUT2D eigenvalue weighted by Crippen LogP contribution is 2.19. The minimum absolute atomic E-state index is 0.00937. The molecule has 0 aliphatic carbocycles. The van der Waals surface area contributed by atoms with E-state index < -0.39 is 0 Å². The molecule has 2 unspecified atom stereocenters. The third kappa shape index (κ3) is 7.38. The van der Waals surface area contributed by atoms with Gasteiger partial charge >= 0.3 is 0 Å². The Hall–Kier alpha value is -2.61. The van der Waals surface area contributed by atoms with Crippen LogP contribution in [-0.4, -0.2) is 63.1 Å². The van der Waals surface area contributed by atoms with Gasteiger partial charge < -0.3 is 25.0 Å². The Morgan fingerprint density at radius 2 is 1.90 bits per heavy atom. The average molecular weight is 405 g/mol. The number of hydrogen-bond donors (Lipinski definition) is 2. The molecule has 160 valence electrons. The molecule has 2 N–H and O–H groups in total. The van der Waals surface area contributed by atoms with Crippen molar-refractivity contribution in [3.8, 4) is 5.75 Å². The van der Waals surface area contributed by atoms with E-state index in [2.05, 4.69) is 10.6 Å². The fraction of sp³-hybridized carbons (Fsp3) is 0.571. The number of nitrogens with one attached hydrogen (secondary N) is 2. The van der Waals surface area contributed by atoms with Gasteiger partial charge in [0, 0.05) is 45.6 Å². The van der Waals surface area contributed by atoms with Gasteiger partial charge in [-0.2, -0.15) is 0 Å². The van der Waals surface area contributed by atoms with Crippen LogP contribution in [0.3, 0.4) is 0 Å². The van der Waals surface area contributed by atoms with Crippen LogP contribution in [0.1, 0.15) is 31.2 Å². The van der Waals surface area contributed by atoms with E-state index in [-0.39, 0.29) is 42.7 Å². The molecule has 1 aromatic carbocycles. The summed E-state index contributed by atoms with van der Waals surface area (Å²) in [4.78, 5) is 38.6. The molecule has 1 aliphatic rings. The van der Waals surface area contributed by atoms with Gasteiger partial charge in [0.2, 0.25) is 17.7 Å². The lowest BCUT2D eigenvalue weighted by Crippen LogP contribution is -2.45. The standard InChI is InChI=1S/C21H31N3O5/c1-24-13-17(23-19(25)14-28-2)6-4-5-16(11-20(24)26)21(27)22-12-15-7-9-18(29-3)10-8-15/h7-10,16-17H,4-6,11-14H2,1-3H3,(H,22,27)(H,23,25). The summed E-state index contributed by atoms with van der Waals surface area (Å²) in [5.74, 6) is -0.0351. The predicted octanol–water partition coefficient (Wildman–Crippen LogP) is 1.09. The highest BCUT2D eigenvalue weighted by molar-refractivity contribution is 5.86. The third-order valence-corrected chi connectivity index (χ3v) is 5.08. The molecule has 2 atom stereocenters. The van der Waals surface area contributed by atoms with E-state index >= 15 is 0 Å². The number of amides is 3. The third-order valence-electron chi connectivity index (χ3n) is 5.08. The minimum atomic E-state index is -0.378. The molecule has 3 amide bonds. The number of rotatable bonds is 7. The Labute approximate surface area is 171 Å². The number of nitrogens with zero attached hydrogens (tertiary/aromatic N) is 1. The summed E-state index contributed by atoms with van der Waals surface area (Å²) >= 11 is 0. The Bertz CT molecular complexity index is 692. The molecule has 29 heavy (non-hydrogen) atoms. The van der Waals surface area contributed by atoms with Gasteiger partial charge in [-0.3, -0.25) is 14.4 Å². The second-order valence-electron chi connectivity index (χ2n) is 7.37. The number of ether oxygens (including phenoxy) is 2. The summed E-state index contributed by atoms with van der Waals surface area (Å²) in [6.07, 6.45) is 2.23. The molecule has 0 radical (unpaired) electrons. The van der Waals surface area contributed by atoms with Crippen molar-refractivity contribution in [3.05, 3.63) is 29.8 Å². The Balaban J connectivity index is 1.92. The average Bonchev–Trinajstić information content (AvgIpc) is 2.77. The summed E-state index contributed by atoms with van der Waals surface area (Å²) in [6, 6.07) is 7.34. The van der Waals surface area contributed by atoms with E-state index in [1.165, 1.54) is 7.11 Å². The summed E-state index contributed by atoms with van der Waals surface area (Å²) in [6.45, 7) is 0.818. The molecular weight excluding hydrogens is 374 g/mol. The van der Waals surface area contributed by atoms with Gasteiger partial charge in [0.1, 0.15) is 12.4 Å². The van der Waals surface area contributed by atoms with Crippen molar-refractivity contribution < 1.29 is 23.9 Å². The largest absolute Gasteiger partial charge is 0.497 e. The zero-order valence-electron chi connectivity index (χ0n) is 17.4. The van der Waals surface area contributed by atoms with Gasteiger partial charge in [0.25, 0.3) is 0 Å². The maximum absolute atomic E-state index is 12.7. The Morgan fingerprint density at radius 3 is 2.55 bits per heavy atom. The summed E-state index contributed by atoms with van der Waals surface area (Å²) in [7, 11) is 4.78. The number of hydrogen-bond acceptors (Lipinski definition) is 5. The van der Waals surface area contributed by atoms with Crippen LogP contribution < -0.4 is 15.4 Å². The monoisotopic (exact) mass is 405 g/mol. The van der Waals surface area contributed by atoms with Gasteiger partial charge in [-0.15, -0.1) is 0 Å². The molecule has 0 saturated carbocycles. The number of carbonyl (C=O) groups excluding carboxylic acids is 3. The van der Waals surface area contributed by atoms with Crippen LogP contribution in [0.2, 0.25) is 0 Å². The van der Waals surface area contributed by atoms with E-state index in [9.17, 15) is 14.4 Å². The maximum atomic E-state index is 12.7. The van der Waals surface area contributed by atoms with Crippen LogP contribution in [0, 0.1) is 5.92 Å². The molecule has 0 bridgehead atoms. The van der Waals surface area contributed by atoms with Crippen molar-refractivity contribution >= 4 is 17.7 Å². The Morgan fingerprint density at radius 1 is 1.17 bits per heavy atom. The topological polar surface area (TPSA) is 97.0 Å². The molecule has 1 aromatic rings. The van der Waals surface area contributed by atoms with Crippen molar-refractivity contribution in [2.45, 2.75) is 38.3 Å². The first-order chi connectivity index (χ1) is 13.9. The SMILES string of the molecule is COCC(=O)NC1CCCC(C(=O)NCc2ccc(OC)cc2)CC(=O)N(C)C1. The fourth-order valence-electron chi connectivity index (χ4n) is 3.42. The summed E-state index contributed by atoms with van der Waals surface area (Å²) in [5.41, 5.74) is 0.964. The number of methoxy groups -OCH3 is 2. The van der Waals surface area contributed by atoms with E-state index in [1.54, 1.807) is 19.1 Å². The van der Waals surface area contributed by atoms with E-state index in [4.69, 9.17) is 9.47 Å². The molecule has 0 spiro atoms. The van der Waals surface area contributed by atoms with Gasteiger partial charge in [0.05, 0.1) is 7.11 Å². The van der Waals surface area contributed by atoms with Crippen LogP contribution in [0.4, 0.5) is 0 Å². The molecule has 1 aliphatic heterocycles. The number of likely N-dealkylation sites (N-methyl/N-ethyl adjacent to an activating group) is 1. The van der Waals surface area contributed by atoms with Crippen LogP contribution in [0.15, 0.2) is 24.3 Å². The van der Waals surface area contributed by atoms with Crippen molar-refractivity contribution in [1.29, 1.82) is 0 Å². The van der Waals surface area contributed by atoms with Gasteiger partial charge in [0.15, 0.2) is 0 Å². The highest BCUT2D eigenvalue weighted by atomic mass is 16.5. The molecule has 1 heterocycles. The highest BCUT2D eigenvalue weighted by Gasteiger charge is 2.27. The smallest absolute Gasteiger partial charge is 0.246 e. The van der Waals surface area contributed by atoms with Crippen molar-refractivity contribution in [2.24, 2.45) is 5.92 Å². The normalized spacial score (nSPS) is 20.2. The van der Waals surface area contributed by atoms with Crippen molar-refractivity contribution in [2.75, 3.05) is 34.4 Å².